The molecule has 0 aromatic rings. The Kier molecular flexibility index (Phi) is 6.05. The highest BCUT2D eigenvalue weighted by atomic mass is 16.5. The lowest BCUT2D eigenvalue weighted by Gasteiger charge is -2.38. The van der Waals surface area contributed by atoms with Gasteiger partial charge in [0.25, 0.3) is 0 Å². The summed E-state index contributed by atoms with van der Waals surface area (Å²) in [6, 6.07) is 0. The molecule has 1 saturated heterocycles. The highest BCUT2D eigenvalue weighted by molar-refractivity contribution is 5.76. The van der Waals surface area contributed by atoms with Crippen molar-refractivity contribution in [1.29, 1.82) is 0 Å². The van der Waals surface area contributed by atoms with Gasteiger partial charge in [-0.25, -0.2) is 0 Å². The van der Waals surface area contributed by atoms with E-state index in [1.165, 1.54) is 0 Å². The minimum atomic E-state index is -0.0905. The fraction of sp³-hybridized carbons (Fsp3) is 0.923. The van der Waals surface area contributed by atoms with Crippen molar-refractivity contribution in [3.05, 3.63) is 0 Å². The molecule has 0 bridgehead atoms. The average Bonchev–Trinajstić information content (AvgIpc) is 2.31. The van der Waals surface area contributed by atoms with E-state index in [1.807, 2.05) is 7.05 Å². The average molecular weight is 257 g/mol. The molecule has 5 nitrogen and oxygen atoms in total. The molecule has 1 rings (SSSR count). The molecule has 1 amide bonds. The lowest BCUT2D eigenvalue weighted by atomic mass is 10.1. The van der Waals surface area contributed by atoms with Gasteiger partial charge in [0.1, 0.15) is 0 Å². The highest BCUT2D eigenvalue weighted by Crippen LogP contribution is 2.16. The molecule has 1 aliphatic heterocycles. The molecule has 0 aromatic heterocycles. The third-order valence-corrected chi connectivity index (χ3v) is 3.27. The van der Waals surface area contributed by atoms with Crippen molar-refractivity contribution in [3.8, 4) is 0 Å². The lowest BCUT2D eigenvalue weighted by molar-refractivity contribution is -0.131. The van der Waals surface area contributed by atoms with Crippen molar-refractivity contribution in [2.45, 2.75) is 32.3 Å². The Hall–Kier alpha value is -0.650. The number of hydrogen-bond donors (Lipinski definition) is 1. The summed E-state index contributed by atoms with van der Waals surface area (Å²) in [6.45, 7) is 8.96. The minimum absolute atomic E-state index is 0.0905. The van der Waals surface area contributed by atoms with E-state index in [1.54, 1.807) is 4.90 Å². The van der Waals surface area contributed by atoms with Crippen LogP contribution in [0.2, 0.25) is 0 Å². The molecule has 0 atom stereocenters. The van der Waals surface area contributed by atoms with Gasteiger partial charge in [0.2, 0.25) is 5.91 Å². The molecule has 0 spiro atoms. The molecular formula is C13H27N3O2. The second-order valence-electron chi connectivity index (χ2n) is 5.59. The summed E-state index contributed by atoms with van der Waals surface area (Å²) in [5, 5.41) is 0. The van der Waals surface area contributed by atoms with Gasteiger partial charge in [-0.2, -0.15) is 0 Å². The van der Waals surface area contributed by atoms with Gasteiger partial charge >= 0.3 is 0 Å². The standard InChI is InChI=1S/C13H27N3O2/c1-13(2)11-16(9-10-18-13)8-5-12(17)15(3)7-4-6-14/h4-11,14H2,1-3H3. The Morgan fingerprint density at radius 2 is 2.22 bits per heavy atom. The van der Waals surface area contributed by atoms with Gasteiger partial charge < -0.3 is 15.4 Å². The van der Waals surface area contributed by atoms with Crippen LogP contribution in [0.3, 0.4) is 0 Å². The van der Waals surface area contributed by atoms with Crippen LogP contribution in [0.5, 0.6) is 0 Å². The topological polar surface area (TPSA) is 58.8 Å². The summed E-state index contributed by atoms with van der Waals surface area (Å²) in [7, 11) is 1.85. The van der Waals surface area contributed by atoms with Crippen LogP contribution in [0.25, 0.3) is 0 Å². The quantitative estimate of drug-likeness (QED) is 0.743. The molecule has 1 heterocycles. The molecule has 2 N–H and O–H groups in total. The first-order valence-corrected chi connectivity index (χ1v) is 6.75. The summed E-state index contributed by atoms with van der Waals surface area (Å²) in [5.74, 6) is 0.202. The molecule has 0 aliphatic carbocycles. The monoisotopic (exact) mass is 257 g/mol. The van der Waals surface area contributed by atoms with Crippen LogP contribution >= 0.6 is 0 Å². The maximum Gasteiger partial charge on any atom is 0.223 e. The van der Waals surface area contributed by atoms with Crippen LogP contribution < -0.4 is 5.73 Å². The second-order valence-corrected chi connectivity index (χ2v) is 5.59. The van der Waals surface area contributed by atoms with Gasteiger partial charge in [0.05, 0.1) is 12.2 Å². The normalized spacial score (nSPS) is 19.8. The largest absolute Gasteiger partial charge is 0.373 e. The molecule has 0 radical (unpaired) electrons. The van der Waals surface area contributed by atoms with Crippen molar-refractivity contribution in [2.24, 2.45) is 5.73 Å². The fourth-order valence-corrected chi connectivity index (χ4v) is 2.20. The van der Waals surface area contributed by atoms with E-state index in [0.29, 0.717) is 13.0 Å². The van der Waals surface area contributed by atoms with Gasteiger partial charge in [-0.1, -0.05) is 0 Å². The van der Waals surface area contributed by atoms with Crippen LogP contribution in [-0.4, -0.2) is 67.7 Å². The third kappa shape index (κ3) is 5.33. The SMILES string of the molecule is CN(CCCN)C(=O)CCN1CCOC(C)(C)C1. The predicted octanol–water partition coefficient (Wildman–Crippen LogP) is 0.295. The zero-order valence-electron chi connectivity index (χ0n) is 11.9. The van der Waals surface area contributed by atoms with E-state index < -0.39 is 0 Å². The summed E-state index contributed by atoms with van der Waals surface area (Å²) < 4.78 is 5.65. The smallest absolute Gasteiger partial charge is 0.223 e. The number of carbonyl (C=O) groups is 1. The number of amides is 1. The molecule has 1 fully saturated rings. The van der Waals surface area contributed by atoms with Crippen LogP contribution in [0.1, 0.15) is 26.7 Å². The number of nitrogens with zero attached hydrogens (tertiary/aromatic N) is 2. The number of hydrogen-bond acceptors (Lipinski definition) is 4. The van der Waals surface area contributed by atoms with Crippen LogP contribution in [0.15, 0.2) is 0 Å². The molecule has 5 heteroatoms. The van der Waals surface area contributed by atoms with Crippen molar-refractivity contribution in [2.75, 3.05) is 46.4 Å². The van der Waals surface area contributed by atoms with Gasteiger partial charge in [0.15, 0.2) is 0 Å². The lowest BCUT2D eigenvalue weighted by Crippen LogP contribution is -2.49. The minimum Gasteiger partial charge on any atom is -0.373 e. The van der Waals surface area contributed by atoms with Crippen LogP contribution in [-0.2, 0) is 9.53 Å². The Morgan fingerprint density at radius 3 is 2.83 bits per heavy atom. The number of ether oxygens (including phenoxy) is 1. The van der Waals surface area contributed by atoms with E-state index in [9.17, 15) is 4.79 Å². The van der Waals surface area contributed by atoms with E-state index in [4.69, 9.17) is 10.5 Å². The highest BCUT2D eigenvalue weighted by Gasteiger charge is 2.27. The van der Waals surface area contributed by atoms with E-state index in [0.717, 1.165) is 39.2 Å². The van der Waals surface area contributed by atoms with Crippen molar-refractivity contribution in [3.63, 3.8) is 0 Å². The van der Waals surface area contributed by atoms with Crippen LogP contribution in [0, 0.1) is 0 Å². The molecule has 106 valence electrons. The Balaban J connectivity index is 2.25. The van der Waals surface area contributed by atoms with E-state index >= 15 is 0 Å². The molecule has 0 saturated carbocycles. The summed E-state index contributed by atoms with van der Waals surface area (Å²) in [5.41, 5.74) is 5.35. The first-order valence-electron chi connectivity index (χ1n) is 6.75. The Labute approximate surface area is 110 Å². The Morgan fingerprint density at radius 1 is 1.50 bits per heavy atom. The zero-order valence-corrected chi connectivity index (χ0v) is 11.9. The number of carbonyl (C=O) groups excluding carboxylic acids is 1. The van der Waals surface area contributed by atoms with E-state index in [-0.39, 0.29) is 11.5 Å². The third-order valence-electron chi connectivity index (χ3n) is 3.27. The van der Waals surface area contributed by atoms with Crippen molar-refractivity contribution >= 4 is 5.91 Å². The van der Waals surface area contributed by atoms with Gasteiger partial charge in [-0.05, 0) is 26.8 Å². The van der Waals surface area contributed by atoms with Gasteiger partial charge in [-0.3, -0.25) is 9.69 Å². The molecule has 18 heavy (non-hydrogen) atoms. The zero-order chi connectivity index (χ0) is 13.6. The summed E-state index contributed by atoms with van der Waals surface area (Å²) in [6.07, 6.45) is 1.45. The molecular weight excluding hydrogens is 230 g/mol. The summed E-state index contributed by atoms with van der Waals surface area (Å²) >= 11 is 0. The second kappa shape index (κ2) is 7.07. The van der Waals surface area contributed by atoms with E-state index in [2.05, 4.69) is 18.7 Å². The van der Waals surface area contributed by atoms with Crippen LogP contribution in [0.4, 0.5) is 0 Å². The predicted molar refractivity (Wildman–Crippen MR) is 72.4 cm³/mol. The van der Waals surface area contributed by atoms with Crippen molar-refractivity contribution < 1.29 is 9.53 Å². The van der Waals surface area contributed by atoms with Gasteiger partial charge in [-0.15, -0.1) is 0 Å². The fourth-order valence-electron chi connectivity index (χ4n) is 2.20. The molecule has 0 unspecified atom stereocenters. The first-order chi connectivity index (χ1) is 8.44. The maximum atomic E-state index is 11.9. The number of nitrogens with two attached hydrogens (primary N) is 1. The Bertz CT molecular complexity index is 269. The number of rotatable bonds is 6. The first kappa shape index (κ1) is 15.4. The summed E-state index contributed by atoms with van der Waals surface area (Å²) in [4.78, 5) is 16.0. The maximum absolute atomic E-state index is 11.9. The molecule has 0 aromatic carbocycles. The van der Waals surface area contributed by atoms with Crippen molar-refractivity contribution in [1.82, 2.24) is 9.80 Å². The number of morpholine rings is 1. The van der Waals surface area contributed by atoms with Gasteiger partial charge in [0, 0.05) is 39.6 Å². The molecule has 1 aliphatic rings.